The zero-order chi connectivity index (χ0) is 23.4. The lowest BCUT2D eigenvalue weighted by Gasteiger charge is -2.14. The minimum absolute atomic E-state index is 0.0701. The average Bonchev–Trinajstić information content (AvgIpc) is 3.10. The number of carbonyl (C=O) groups excluding carboxylic acids is 2. The highest BCUT2D eigenvalue weighted by atomic mass is 79.9. The third-order valence-electron chi connectivity index (χ3n) is 4.52. The molecule has 0 unspecified atom stereocenters. The average molecular weight is 524 g/mol. The van der Waals surface area contributed by atoms with Crippen molar-refractivity contribution in [2.45, 2.75) is 25.0 Å². The topological polar surface area (TPSA) is 88.9 Å². The zero-order valence-corrected chi connectivity index (χ0v) is 19.9. The van der Waals surface area contributed by atoms with Gasteiger partial charge in [0.15, 0.2) is 16.8 Å². The van der Waals surface area contributed by atoms with Crippen LogP contribution in [0.25, 0.3) is 0 Å². The number of rotatable bonds is 7. The molecule has 0 bridgehead atoms. The van der Waals surface area contributed by atoms with Crippen molar-refractivity contribution in [3.05, 3.63) is 69.5 Å². The number of thioether (sulfide) groups is 1. The molecule has 32 heavy (non-hydrogen) atoms. The maximum atomic E-state index is 13.9. The molecule has 0 saturated heterocycles. The van der Waals surface area contributed by atoms with Crippen molar-refractivity contribution >= 4 is 45.2 Å². The molecule has 1 aromatic heterocycles. The number of carbonyl (C=O) groups is 2. The van der Waals surface area contributed by atoms with Gasteiger partial charge in [-0.3, -0.25) is 9.59 Å². The first-order valence-corrected chi connectivity index (χ1v) is 11.3. The Labute approximate surface area is 196 Å². The number of hydrogen-bond donors (Lipinski definition) is 2. The van der Waals surface area contributed by atoms with Crippen LogP contribution in [0, 0.1) is 18.6 Å². The summed E-state index contributed by atoms with van der Waals surface area (Å²) in [5.41, 5.74) is 1.46. The Balaban J connectivity index is 1.60. The molecular formula is C21H20BrF2N5O2S. The lowest BCUT2D eigenvalue weighted by molar-refractivity contribution is -0.113. The van der Waals surface area contributed by atoms with Crippen molar-refractivity contribution in [3.8, 4) is 0 Å². The van der Waals surface area contributed by atoms with E-state index in [1.807, 2.05) is 19.1 Å². The molecule has 3 rings (SSSR count). The summed E-state index contributed by atoms with van der Waals surface area (Å²) in [5, 5.41) is 13.9. The SMILES string of the molecule is Cc1ccc(C(=O)N[C@@H](C)c2nnc(SCC(=O)Nc3c(F)cc(F)cc3Br)n2C)cc1. The van der Waals surface area contributed by atoms with Crippen molar-refractivity contribution in [3.63, 3.8) is 0 Å². The van der Waals surface area contributed by atoms with Crippen LogP contribution in [0.15, 0.2) is 46.0 Å². The van der Waals surface area contributed by atoms with E-state index in [0.717, 1.165) is 23.4 Å². The van der Waals surface area contributed by atoms with Crippen molar-refractivity contribution in [1.82, 2.24) is 20.1 Å². The molecule has 0 spiro atoms. The fourth-order valence-electron chi connectivity index (χ4n) is 2.85. The van der Waals surface area contributed by atoms with E-state index >= 15 is 0 Å². The summed E-state index contributed by atoms with van der Waals surface area (Å²) in [5.74, 6) is -1.92. The highest BCUT2D eigenvalue weighted by Crippen LogP contribution is 2.27. The summed E-state index contributed by atoms with van der Waals surface area (Å²) in [6.45, 7) is 3.73. The molecule has 1 atom stereocenters. The van der Waals surface area contributed by atoms with Gasteiger partial charge in [0.1, 0.15) is 5.82 Å². The highest BCUT2D eigenvalue weighted by molar-refractivity contribution is 9.10. The Morgan fingerprint density at radius 1 is 1.19 bits per heavy atom. The second-order valence-electron chi connectivity index (χ2n) is 7.04. The number of anilines is 1. The number of amides is 2. The molecule has 0 saturated carbocycles. The molecule has 3 aromatic rings. The first kappa shape index (κ1) is 23.9. The second kappa shape index (κ2) is 10.2. The van der Waals surface area contributed by atoms with Crippen LogP contribution in [-0.2, 0) is 11.8 Å². The van der Waals surface area contributed by atoms with Gasteiger partial charge < -0.3 is 15.2 Å². The lowest BCUT2D eigenvalue weighted by atomic mass is 10.1. The molecule has 2 amide bonds. The number of halogens is 3. The summed E-state index contributed by atoms with van der Waals surface area (Å²) in [6.07, 6.45) is 0. The van der Waals surface area contributed by atoms with E-state index < -0.39 is 23.6 Å². The summed E-state index contributed by atoms with van der Waals surface area (Å²) in [6, 6.07) is 8.54. The molecule has 1 heterocycles. The standard InChI is InChI=1S/C21H20BrF2N5O2S/c1-11-4-6-13(7-5-11)20(31)25-12(2)19-27-28-21(29(19)3)32-10-17(30)26-18-15(22)8-14(23)9-16(18)24/h4-9,12H,10H2,1-3H3,(H,25,31)(H,26,30)/t12-/m0/s1. The summed E-state index contributed by atoms with van der Waals surface area (Å²) in [4.78, 5) is 24.7. The van der Waals surface area contributed by atoms with Gasteiger partial charge >= 0.3 is 0 Å². The normalized spacial score (nSPS) is 11.8. The van der Waals surface area contributed by atoms with Crippen LogP contribution in [-0.4, -0.2) is 32.3 Å². The molecule has 0 radical (unpaired) electrons. The van der Waals surface area contributed by atoms with E-state index in [1.54, 1.807) is 30.7 Å². The van der Waals surface area contributed by atoms with Gasteiger partial charge in [-0.05, 0) is 48.0 Å². The van der Waals surface area contributed by atoms with Gasteiger partial charge in [0.2, 0.25) is 5.91 Å². The van der Waals surface area contributed by atoms with Gasteiger partial charge in [0, 0.05) is 23.2 Å². The van der Waals surface area contributed by atoms with Crippen LogP contribution < -0.4 is 10.6 Å². The van der Waals surface area contributed by atoms with Crippen LogP contribution in [0.3, 0.4) is 0 Å². The molecule has 7 nitrogen and oxygen atoms in total. The van der Waals surface area contributed by atoms with Crippen LogP contribution in [0.5, 0.6) is 0 Å². The number of benzene rings is 2. The van der Waals surface area contributed by atoms with E-state index in [2.05, 4.69) is 36.8 Å². The van der Waals surface area contributed by atoms with E-state index in [0.29, 0.717) is 22.6 Å². The van der Waals surface area contributed by atoms with Crippen LogP contribution in [0.2, 0.25) is 0 Å². The molecular weight excluding hydrogens is 504 g/mol. The van der Waals surface area contributed by atoms with E-state index in [1.165, 1.54) is 0 Å². The summed E-state index contributed by atoms with van der Waals surface area (Å²) < 4.78 is 28.9. The summed E-state index contributed by atoms with van der Waals surface area (Å²) in [7, 11) is 1.72. The molecule has 2 aromatic carbocycles. The lowest BCUT2D eigenvalue weighted by Crippen LogP contribution is -2.28. The van der Waals surface area contributed by atoms with Crippen LogP contribution >= 0.6 is 27.7 Å². The van der Waals surface area contributed by atoms with Gasteiger partial charge in [-0.2, -0.15) is 0 Å². The van der Waals surface area contributed by atoms with Gasteiger partial charge in [0.25, 0.3) is 5.91 Å². The third-order valence-corrected chi connectivity index (χ3v) is 6.17. The molecule has 168 valence electrons. The number of nitrogens with zero attached hydrogens (tertiary/aromatic N) is 3. The van der Waals surface area contributed by atoms with Gasteiger partial charge in [-0.25, -0.2) is 8.78 Å². The Morgan fingerprint density at radius 2 is 1.88 bits per heavy atom. The fraction of sp³-hybridized carbons (Fsp3) is 0.238. The monoisotopic (exact) mass is 523 g/mol. The van der Waals surface area contributed by atoms with E-state index in [4.69, 9.17) is 0 Å². The van der Waals surface area contributed by atoms with Crippen molar-refractivity contribution < 1.29 is 18.4 Å². The molecule has 0 aliphatic carbocycles. The smallest absolute Gasteiger partial charge is 0.251 e. The van der Waals surface area contributed by atoms with Gasteiger partial charge in [-0.1, -0.05) is 29.5 Å². The summed E-state index contributed by atoms with van der Waals surface area (Å²) >= 11 is 4.13. The minimum atomic E-state index is -0.880. The van der Waals surface area contributed by atoms with E-state index in [9.17, 15) is 18.4 Å². The first-order valence-electron chi connectivity index (χ1n) is 9.49. The maximum absolute atomic E-state index is 13.9. The Hall–Kier alpha value is -2.79. The van der Waals surface area contributed by atoms with Gasteiger partial charge in [-0.15, -0.1) is 10.2 Å². The van der Waals surface area contributed by atoms with Crippen molar-refractivity contribution in [1.29, 1.82) is 0 Å². The van der Waals surface area contributed by atoms with Crippen molar-refractivity contribution in [2.24, 2.45) is 7.05 Å². The highest BCUT2D eigenvalue weighted by Gasteiger charge is 2.19. The second-order valence-corrected chi connectivity index (χ2v) is 8.84. The van der Waals surface area contributed by atoms with Crippen LogP contribution in [0.1, 0.15) is 34.7 Å². The number of nitrogens with one attached hydrogen (secondary N) is 2. The quantitative estimate of drug-likeness (QED) is 0.448. The Bertz CT molecular complexity index is 1130. The molecule has 11 heteroatoms. The number of aromatic nitrogens is 3. The van der Waals surface area contributed by atoms with Crippen LogP contribution in [0.4, 0.5) is 14.5 Å². The Morgan fingerprint density at radius 3 is 2.53 bits per heavy atom. The molecule has 0 aliphatic rings. The van der Waals surface area contributed by atoms with Crippen molar-refractivity contribution in [2.75, 3.05) is 11.1 Å². The molecule has 0 fully saturated rings. The largest absolute Gasteiger partial charge is 0.342 e. The first-order chi connectivity index (χ1) is 15.2. The number of aryl methyl sites for hydroxylation is 1. The molecule has 2 N–H and O–H groups in total. The molecule has 0 aliphatic heterocycles. The fourth-order valence-corrected chi connectivity index (χ4v) is 4.07. The Kier molecular flexibility index (Phi) is 7.62. The minimum Gasteiger partial charge on any atom is -0.342 e. The van der Waals surface area contributed by atoms with Gasteiger partial charge in [0.05, 0.1) is 17.5 Å². The predicted molar refractivity (Wildman–Crippen MR) is 121 cm³/mol. The number of hydrogen-bond acceptors (Lipinski definition) is 5. The van der Waals surface area contributed by atoms with E-state index in [-0.39, 0.29) is 21.8 Å². The predicted octanol–water partition coefficient (Wildman–Crippen LogP) is 4.39. The maximum Gasteiger partial charge on any atom is 0.251 e. The zero-order valence-electron chi connectivity index (χ0n) is 17.4. The third kappa shape index (κ3) is 5.71.